The van der Waals surface area contributed by atoms with E-state index in [0.29, 0.717) is 19.4 Å². The molecule has 0 radical (unpaired) electrons. The number of fused-ring (bicyclic) bond motifs is 1. The molecule has 1 fully saturated rings. The highest BCUT2D eigenvalue weighted by atomic mass is 16.3. The summed E-state index contributed by atoms with van der Waals surface area (Å²) < 4.78 is 0. The fraction of sp³-hybridized carbons (Fsp3) is 0.762. The van der Waals surface area contributed by atoms with Gasteiger partial charge < -0.3 is 20.6 Å². The lowest BCUT2D eigenvalue weighted by Crippen LogP contribution is -2.52. The molecule has 2 rings (SSSR count). The SMILES string of the molecule is CC[C@@H]1C=C[C@H]2[C@H](C(=O)N(CCCCO)[C@@H]2C(=O)NC(C)(C)C)[C@@H]1C(=O)NC. The van der Waals surface area contributed by atoms with E-state index in [1.807, 2.05) is 39.8 Å². The first-order chi connectivity index (χ1) is 13.2. The van der Waals surface area contributed by atoms with Crippen LogP contribution in [0.3, 0.4) is 0 Å². The summed E-state index contributed by atoms with van der Waals surface area (Å²) in [5, 5.41) is 14.8. The van der Waals surface area contributed by atoms with Gasteiger partial charge in [-0.3, -0.25) is 14.4 Å². The van der Waals surface area contributed by atoms with Crippen LogP contribution >= 0.6 is 0 Å². The van der Waals surface area contributed by atoms with Gasteiger partial charge in [0.1, 0.15) is 6.04 Å². The normalized spacial score (nSPS) is 29.6. The molecule has 1 saturated heterocycles. The summed E-state index contributed by atoms with van der Waals surface area (Å²) in [6.07, 6.45) is 5.91. The molecular formula is C21H35N3O4. The van der Waals surface area contributed by atoms with Crippen LogP contribution in [0.5, 0.6) is 0 Å². The largest absolute Gasteiger partial charge is 0.396 e. The van der Waals surface area contributed by atoms with Crippen molar-refractivity contribution in [3.63, 3.8) is 0 Å². The molecule has 158 valence electrons. The molecule has 3 amide bonds. The van der Waals surface area contributed by atoms with E-state index in [9.17, 15) is 14.4 Å². The number of carbonyl (C=O) groups is 3. The van der Waals surface area contributed by atoms with Gasteiger partial charge in [0.25, 0.3) is 0 Å². The van der Waals surface area contributed by atoms with E-state index in [1.54, 1.807) is 11.9 Å². The summed E-state index contributed by atoms with van der Waals surface area (Å²) in [5.41, 5.74) is -0.417. The first-order valence-corrected chi connectivity index (χ1v) is 10.3. The van der Waals surface area contributed by atoms with Crippen LogP contribution in [0.1, 0.15) is 47.0 Å². The maximum Gasteiger partial charge on any atom is 0.243 e. The lowest BCUT2D eigenvalue weighted by molar-refractivity contribution is -0.141. The van der Waals surface area contributed by atoms with Gasteiger partial charge in [-0.05, 0) is 46.0 Å². The van der Waals surface area contributed by atoms with E-state index in [1.165, 1.54) is 0 Å². The number of nitrogens with zero attached hydrogens (tertiary/aromatic N) is 1. The Hall–Kier alpha value is -1.89. The van der Waals surface area contributed by atoms with E-state index in [2.05, 4.69) is 10.6 Å². The second-order valence-corrected chi connectivity index (χ2v) is 8.85. The van der Waals surface area contributed by atoms with Crippen molar-refractivity contribution in [1.82, 2.24) is 15.5 Å². The van der Waals surface area contributed by atoms with Crippen LogP contribution in [0.25, 0.3) is 0 Å². The number of hydrogen-bond acceptors (Lipinski definition) is 4. The number of likely N-dealkylation sites (tertiary alicyclic amines) is 1. The molecule has 0 spiro atoms. The smallest absolute Gasteiger partial charge is 0.243 e. The third kappa shape index (κ3) is 4.57. The number of nitrogens with one attached hydrogen (secondary N) is 2. The Morgan fingerprint density at radius 2 is 1.86 bits per heavy atom. The second-order valence-electron chi connectivity index (χ2n) is 8.85. The molecule has 0 aromatic heterocycles. The molecule has 0 saturated carbocycles. The number of aliphatic hydroxyl groups excluding tert-OH is 1. The Bertz CT molecular complexity index is 626. The van der Waals surface area contributed by atoms with Crippen molar-refractivity contribution in [3.05, 3.63) is 12.2 Å². The number of unbranched alkanes of at least 4 members (excludes halogenated alkanes) is 1. The molecule has 3 N–H and O–H groups in total. The summed E-state index contributed by atoms with van der Waals surface area (Å²) >= 11 is 0. The number of hydrogen-bond donors (Lipinski definition) is 3. The second kappa shape index (κ2) is 9.07. The van der Waals surface area contributed by atoms with Crippen LogP contribution in [0.2, 0.25) is 0 Å². The Morgan fingerprint density at radius 1 is 1.18 bits per heavy atom. The van der Waals surface area contributed by atoms with Gasteiger partial charge in [0, 0.05) is 31.7 Å². The summed E-state index contributed by atoms with van der Waals surface area (Å²) in [6.45, 7) is 8.19. The Morgan fingerprint density at radius 3 is 2.39 bits per heavy atom. The van der Waals surface area contributed by atoms with Gasteiger partial charge in [-0.25, -0.2) is 0 Å². The number of aliphatic hydroxyl groups is 1. The number of rotatable bonds is 7. The Labute approximate surface area is 167 Å². The average Bonchev–Trinajstić information content (AvgIpc) is 2.91. The van der Waals surface area contributed by atoms with Crippen LogP contribution in [-0.2, 0) is 14.4 Å². The molecule has 7 nitrogen and oxygen atoms in total. The number of allylic oxidation sites excluding steroid dienone is 1. The molecule has 1 aliphatic heterocycles. The zero-order valence-corrected chi connectivity index (χ0v) is 17.7. The van der Waals surface area contributed by atoms with Gasteiger partial charge in [-0.15, -0.1) is 0 Å². The zero-order chi connectivity index (χ0) is 21.1. The predicted molar refractivity (Wildman–Crippen MR) is 107 cm³/mol. The molecule has 0 aromatic carbocycles. The fourth-order valence-corrected chi connectivity index (χ4v) is 4.49. The lowest BCUT2D eigenvalue weighted by Gasteiger charge is -2.34. The van der Waals surface area contributed by atoms with Gasteiger partial charge >= 0.3 is 0 Å². The molecule has 0 bridgehead atoms. The van der Waals surface area contributed by atoms with Crippen LogP contribution in [0.4, 0.5) is 0 Å². The van der Waals surface area contributed by atoms with Gasteiger partial charge in [0.05, 0.1) is 11.8 Å². The van der Waals surface area contributed by atoms with E-state index in [4.69, 9.17) is 5.11 Å². The Kier molecular flexibility index (Phi) is 7.26. The van der Waals surface area contributed by atoms with Crippen molar-refractivity contribution in [2.24, 2.45) is 23.7 Å². The average molecular weight is 394 g/mol. The molecule has 0 aromatic rings. The Balaban J connectivity index is 2.41. The van der Waals surface area contributed by atoms with Gasteiger partial charge in [0.2, 0.25) is 17.7 Å². The van der Waals surface area contributed by atoms with Gasteiger partial charge in [-0.2, -0.15) is 0 Å². The highest BCUT2D eigenvalue weighted by Crippen LogP contribution is 2.45. The highest BCUT2D eigenvalue weighted by Gasteiger charge is 2.56. The van der Waals surface area contributed by atoms with Gasteiger partial charge in [0.15, 0.2) is 0 Å². The molecule has 7 heteroatoms. The van der Waals surface area contributed by atoms with Crippen molar-refractivity contribution in [2.75, 3.05) is 20.2 Å². The van der Waals surface area contributed by atoms with E-state index < -0.39 is 23.4 Å². The molecule has 2 aliphatic rings. The van der Waals surface area contributed by atoms with Crippen molar-refractivity contribution in [2.45, 2.75) is 58.5 Å². The standard InChI is InChI=1S/C21H35N3O4/c1-6-13-9-10-14-16(15(13)18(26)22-5)20(28)24(11-7-8-12-25)17(14)19(27)23-21(2,3)4/h9-10,13-17,25H,6-8,11-12H2,1-5H3,(H,22,26)(H,23,27)/t13-,14+,15-,16+,17+/m1/s1. The summed E-state index contributed by atoms with van der Waals surface area (Å²) in [4.78, 5) is 40.8. The topological polar surface area (TPSA) is 98.7 Å². The minimum absolute atomic E-state index is 0.0196. The molecule has 5 atom stereocenters. The highest BCUT2D eigenvalue weighted by molar-refractivity contribution is 5.96. The quantitative estimate of drug-likeness (QED) is 0.445. The van der Waals surface area contributed by atoms with Gasteiger partial charge in [-0.1, -0.05) is 19.1 Å². The summed E-state index contributed by atoms with van der Waals surface area (Å²) in [5.74, 6) is -1.80. The molecule has 28 heavy (non-hydrogen) atoms. The van der Waals surface area contributed by atoms with E-state index in [-0.39, 0.29) is 36.2 Å². The predicted octanol–water partition coefficient (Wildman–Crippen LogP) is 1.08. The number of amides is 3. The molecular weight excluding hydrogens is 358 g/mol. The molecule has 1 heterocycles. The van der Waals surface area contributed by atoms with Crippen LogP contribution < -0.4 is 10.6 Å². The minimum atomic E-state index is -0.628. The summed E-state index contributed by atoms with van der Waals surface area (Å²) in [7, 11) is 1.59. The van der Waals surface area contributed by atoms with Crippen LogP contribution in [0, 0.1) is 23.7 Å². The van der Waals surface area contributed by atoms with Crippen molar-refractivity contribution < 1.29 is 19.5 Å². The first-order valence-electron chi connectivity index (χ1n) is 10.3. The van der Waals surface area contributed by atoms with Crippen LogP contribution in [-0.4, -0.2) is 59.5 Å². The third-order valence-corrected chi connectivity index (χ3v) is 5.71. The maximum absolute atomic E-state index is 13.4. The lowest BCUT2D eigenvalue weighted by atomic mass is 9.68. The van der Waals surface area contributed by atoms with Crippen LogP contribution in [0.15, 0.2) is 12.2 Å². The summed E-state index contributed by atoms with van der Waals surface area (Å²) in [6, 6.07) is -0.628. The van der Waals surface area contributed by atoms with Crippen molar-refractivity contribution >= 4 is 17.7 Å². The third-order valence-electron chi connectivity index (χ3n) is 5.71. The van der Waals surface area contributed by atoms with E-state index >= 15 is 0 Å². The van der Waals surface area contributed by atoms with E-state index in [0.717, 1.165) is 6.42 Å². The van der Waals surface area contributed by atoms with Crippen molar-refractivity contribution in [1.29, 1.82) is 0 Å². The fourth-order valence-electron chi connectivity index (χ4n) is 4.49. The minimum Gasteiger partial charge on any atom is -0.396 e. The first kappa shape index (κ1) is 22.4. The zero-order valence-electron chi connectivity index (χ0n) is 17.7. The maximum atomic E-state index is 13.4. The monoisotopic (exact) mass is 393 g/mol. The number of carbonyl (C=O) groups excluding carboxylic acids is 3. The molecule has 0 unspecified atom stereocenters. The molecule has 1 aliphatic carbocycles. The van der Waals surface area contributed by atoms with Crippen molar-refractivity contribution in [3.8, 4) is 0 Å².